The second-order valence-corrected chi connectivity index (χ2v) is 9.62. The monoisotopic (exact) mass is 395 g/mol. The van der Waals surface area contributed by atoms with E-state index in [1.807, 2.05) is 0 Å². The molecule has 0 aliphatic carbocycles. The van der Waals surface area contributed by atoms with E-state index in [1.165, 1.54) is 99.8 Å². The van der Waals surface area contributed by atoms with Crippen LogP contribution in [0.3, 0.4) is 0 Å². The van der Waals surface area contributed by atoms with Crippen molar-refractivity contribution in [3.8, 4) is 0 Å². The number of fused-ring (bicyclic) bond motifs is 1. The minimum Gasteiger partial charge on any atom is -0.325 e. The van der Waals surface area contributed by atoms with Crippen molar-refractivity contribution in [2.45, 2.75) is 116 Å². The maximum absolute atomic E-state index is 6.64. The maximum Gasteiger partial charge on any atom is 0.0166 e. The van der Waals surface area contributed by atoms with Gasteiger partial charge in [0.15, 0.2) is 0 Å². The zero-order chi connectivity index (χ0) is 21.0. The predicted molar refractivity (Wildman–Crippen MR) is 131 cm³/mol. The van der Waals surface area contributed by atoms with Gasteiger partial charge in [0.2, 0.25) is 0 Å². The highest BCUT2D eigenvalue weighted by atomic mass is 14.7. The molecule has 1 atom stereocenters. The molecule has 0 saturated carbocycles. The first-order valence-electron chi connectivity index (χ1n) is 12.3. The van der Waals surface area contributed by atoms with Crippen molar-refractivity contribution in [2.24, 2.45) is 5.73 Å². The molecule has 0 saturated heterocycles. The Hall–Kier alpha value is -1.34. The third kappa shape index (κ3) is 8.51. The van der Waals surface area contributed by atoms with Crippen molar-refractivity contribution in [1.29, 1.82) is 0 Å². The van der Waals surface area contributed by atoms with Gasteiger partial charge < -0.3 is 5.73 Å². The molecule has 1 nitrogen and oxygen atoms in total. The fourth-order valence-corrected chi connectivity index (χ4v) is 4.67. The van der Waals surface area contributed by atoms with Gasteiger partial charge in [-0.05, 0) is 36.6 Å². The molecule has 29 heavy (non-hydrogen) atoms. The summed E-state index contributed by atoms with van der Waals surface area (Å²) in [5.74, 6) is 0.414. The topological polar surface area (TPSA) is 26.0 Å². The molecule has 1 heteroatoms. The van der Waals surface area contributed by atoms with E-state index < -0.39 is 0 Å². The smallest absolute Gasteiger partial charge is 0.0166 e. The SMILES string of the molecule is CCCCCCCCCCCCCCC(c1cccc2ccccc12)C(C)(C)N. The molecule has 1 unspecified atom stereocenters. The summed E-state index contributed by atoms with van der Waals surface area (Å²) in [6, 6.07) is 15.4. The van der Waals surface area contributed by atoms with E-state index in [0.29, 0.717) is 5.92 Å². The average Bonchev–Trinajstić information content (AvgIpc) is 2.70. The summed E-state index contributed by atoms with van der Waals surface area (Å²) in [5, 5.41) is 2.70. The first kappa shape index (κ1) is 23.9. The van der Waals surface area contributed by atoms with Crippen LogP contribution in [0.5, 0.6) is 0 Å². The van der Waals surface area contributed by atoms with Crippen LogP contribution in [0.25, 0.3) is 10.8 Å². The zero-order valence-corrected chi connectivity index (χ0v) is 19.4. The number of hydrogen-bond acceptors (Lipinski definition) is 1. The Morgan fingerprint density at radius 3 is 1.79 bits per heavy atom. The lowest BCUT2D eigenvalue weighted by molar-refractivity contribution is 0.378. The molecule has 0 aliphatic heterocycles. The van der Waals surface area contributed by atoms with Crippen LogP contribution in [-0.4, -0.2) is 5.54 Å². The Labute approximate surface area is 180 Å². The molecule has 2 rings (SSSR count). The highest BCUT2D eigenvalue weighted by Crippen LogP contribution is 2.35. The van der Waals surface area contributed by atoms with Gasteiger partial charge >= 0.3 is 0 Å². The molecular formula is C28H45N. The van der Waals surface area contributed by atoms with Crippen LogP contribution in [0.15, 0.2) is 42.5 Å². The Morgan fingerprint density at radius 2 is 1.21 bits per heavy atom. The Bertz CT molecular complexity index is 677. The molecule has 0 aromatic heterocycles. The van der Waals surface area contributed by atoms with Gasteiger partial charge in [0.1, 0.15) is 0 Å². The molecular weight excluding hydrogens is 350 g/mol. The second kappa shape index (κ2) is 13.1. The molecule has 2 aromatic rings. The minimum atomic E-state index is -0.193. The molecule has 0 aliphatic rings. The van der Waals surface area contributed by atoms with Gasteiger partial charge in [-0.1, -0.05) is 126 Å². The van der Waals surface area contributed by atoms with Crippen LogP contribution >= 0.6 is 0 Å². The van der Waals surface area contributed by atoms with Crippen molar-refractivity contribution in [3.63, 3.8) is 0 Å². The van der Waals surface area contributed by atoms with Gasteiger partial charge in [-0.15, -0.1) is 0 Å². The lowest BCUT2D eigenvalue weighted by Gasteiger charge is -2.32. The number of nitrogens with two attached hydrogens (primary N) is 1. The van der Waals surface area contributed by atoms with Crippen molar-refractivity contribution < 1.29 is 0 Å². The van der Waals surface area contributed by atoms with E-state index in [0.717, 1.165) is 0 Å². The zero-order valence-electron chi connectivity index (χ0n) is 19.4. The van der Waals surface area contributed by atoms with Gasteiger partial charge in [0.05, 0.1) is 0 Å². The van der Waals surface area contributed by atoms with Gasteiger partial charge in [0, 0.05) is 11.5 Å². The van der Waals surface area contributed by atoms with Crippen LogP contribution in [0, 0.1) is 0 Å². The van der Waals surface area contributed by atoms with Gasteiger partial charge in [0.25, 0.3) is 0 Å². The summed E-state index contributed by atoms with van der Waals surface area (Å²) in [6.07, 6.45) is 18.0. The Balaban J connectivity index is 1.71. The fourth-order valence-electron chi connectivity index (χ4n) is 4.67. The van der Waals surface area contributed by atoms with Crippen molar-refractivity contribution >= 4 is 10.8 Å². The Kier molecular flexibility index (Phi) is 10.8. The second-order valence-electron chi connectivity index (χ2n) is 9.62. The third-order valence-corrected chi connectivity index (χ3v) is 6.44. The van der Waals surface area contributed by atoms with E-state index in [1.54, 1.807) is 0 Å². The standard InChI is InChI=1S/C28H45N/c1-4-5-6-7-8-9-10-11-12-13-14-15-23-27(28(2,3)29)26-22-18-20-24-19-16-17-21-25(24)26/h16-22,27H,4-15,23,29H2,1-3H3. The maximum atomic E-state index is 6.64. The number of hydrogen-bond donors (Lipinski definition) is 1. The highest BCUT2D eigenvalue weighted by Gasteiger charge is 2.27. The third-order valence-electron chi connectivity index (χ3n) is 6.44. The lowest BCUT2D eigenvalue weighted by atomic mass is 9.77. The summed E-state index contributed by atoms with van der Waals surface area (Å²) in [4.78, 5) is 0. The van der Waals surface area contributed by atoms with E-state index in [2.05, 4.69) is 63.2 Å². The minimum absolute atomic E-state index is 0.193. The number of unbranched alkanes of at least 4 members (excludes halogenated alkanes) is 11. The molecule has 0 heterocycles. The van der Waals surface area contributed by atoms with Crippen molar-refractivity contribution in [3.05, 3.63) is 48.0 Å². The first-order chi connectivity index (χ1) is 14.0. The summed E-state index contributed by atoms with van der Waals surface area (Å²) >= 11 is 0. The summed E-state index contributed by atoms with van der Waals surface area (Å²) in [7, 11) is 0. The normalized spacial score (nSPS) is 13.1. The lowest BCUT2D eigenvalue weighted by Crippen LogP contribution is -2.39. The molecule has 0 fully saturated rings. The van der Waals surface area contributed by atoms with E-state index >= 15 is 0 Å². The quantitative estimate of drug-likeness (QED) is 0.300. The van der Waals surface area contributed by atoms with Gasteiger partial charge in [-0.2, -0.15) is 0 Å². The largest absolute Gasteiger partial charge is 0.325 e. The van der Waals surface area contributed by atoms with E-state index in [4.69, 9.17) is 5.73 Å². The van der Waals surface area contributed by atoms with Crippen molar-refractivity contribution in [2.75, 3.05) is 0 Å². The van der Waals surface area contributed by atoms with Crippen LogP contribution in [0.1, 0.15) is 116 Å². The van der Waals surface area contributed by atoms with Gasteiger partial charge in [-0.3, -0.25) is 0 Å². The number of benzene rings is 2. The Morgan fingerprint density at radius 1 is 0.690 bits per heavy atom. The summed E-state index contributed by atoms with van der Waals surface area (Å²) in [5.41, 5.74) is 7.88. The predicted octanol–water partition coefficient (Wildman–Crippen LogP) is 8.75. The molecule has 2 aromatic carbocycles. The summed E-state index contributed by atoms with van der Waals surface area (Å²) < 4.78 is 0. The van der Waals surface area contributed by atoms with E-state index in [-0.39, 0.29) is 5.54 Å². The fraction of sp³-hybridized carbons (Fsp3) is 0.643. The summed E-state index contributed by atoms with van der Waals surface area (Å²) in [6.45, 7) is 6.68. The van der Waals surface area contributed by atoms with Crippen LogP contribution in [-0.2, 0) is 0 Å². The molecule has 2 N–H and O–H groups in total. The van der Waals surface area contributed by atoms with Crippen LogP contribution in [0.4, 0.5) is 0 Å². The molecule has 0 radical (unpaired) electrons. The molecule has 0 bridgehead atoms. The first-order valence-corrected chi connectivity index (χ1v) is 12.3. The van der Waals surface area contributed by atoms with Crippen LogP contribution < -0.4 is 5.73 Å². The van der Waals surface area contributed by atoms with Crippen LogP contribution in [0.2, 0.25) is 0 Å². The van der Waals surface area contributed by atoms with Crippen molar-refractivity contribution in [1.82, 2.24) is 0 Å². The average molecular weight is 396 g/mol. The molecule has 0 spiro atoms. The highest BCUT2D eigenvalue weighted by molar-refractivity contribution is 5.86. The molecule has 0 amide bonds. The van der Waals surface area contributed by atoms with E-state index in [9.17, 15) is 0 Å². The molecule has 162 valence electrons. The number of rotatable bonds is 15. The van der Waals surface area contributed by atoms with Gasteiger partial charge in [-0.25, -0.2) is 0 Å².